The third-order valence-electron chi connectivity index (χ3n) is 2.28. The SMILES string of the molecule is COCc1ccccc1CNC(=O)C(C)N.Cl. The van der Waals surface area contributed by atoms with Crippen molar-refractivity contribution in [1.29, 1.82) is 0 Å². The molecule has 3 N–H and O–H groups in total. The van der Waals surface area contributed by atoms with Crippen LogP contribution in [0.15, 0.2) is 24.3 Å². The molecule has 0 fully saturated rings. The Kier molecular flexibility index (Phi) is 7.54. The van der Waals surface area contributed by atoms with Gasteiger partial charge in [0.05, 0.1) is 12.6 Å². The Morgan fingerprint density at radius 2 is 2.00 bits per heavy atom. The van der Waals surface area contributed by atoms with E-state index in [4.69, 9.17) is 10.5 Å². The van der Waals surface area contributed by atoms with Crippen molar-refractivity contribution >= 4 is 18.3 Å². The maximum Gasteiger partial charge on any atom is 0.236 e. The van der Waals surface area contributed by atoms with Crippen LogP contribution >= 0.6 is 12.4 Å². The van der Waals surface area contributed by atoms with E-state index in [-0.39, 0.29) is 18.3 Å². The molecule has 17 heavy (non-hydrogen) atoms. The first-order valence-electron chi connectivity index (χ1n) is 5.24. The van der Waals surface area contributed by atoms with E-state index in [1.165, 1.54) is 0 Å². The van der Waals surface area contributed by atoms with Crippen molar-refractivity contribution in [3.05, 3.63) is 35.4 Å². The molecule has 0 saturated heterocycles. The second-order valence-electron chi connectivity index (χ2n) is 3.71. The van der Waals surface area contributed by atoms with Crippen LogP contribution in [0.3, 0.4) is 0 Å². The van der Waals surface area contributed by atoms with Gasteiger partial charge in [-0.05, 0) is 18.1 Å². The summed E-state index contributed by atoms with van der Waals surface area (Å²) in [5.41, 5.74) is 7.59. The quantitative estimate of drug-likeness (QED) is 0.835. The molecular formula is C12H19ClN2O2. The first kappa shape index (κ1) is 15.9. The Bertz CT molecular complexity index is 356. The third kappa shape index (κ3) is 5.17. The lowest BCUT2D eigenvalue weighted by molar-refractivity contribution is -0.122. The van der Waals surface area contributed by atoms with Crippen LogP contribution in [0.4, 0.5) is 0 Å². The van der Waals surface area contributed by atoms with Gasteiger partial charge in [0, 0.05) is 13.7 Å². The number of hydrogen-bond acceptors (Lipinski definition) is 3. The number of amides is 1. The number of ether oxygens (including phenoxy) is 1. The minimum absolute atomic E-state index is 0. The molecule has 96 valence electrons. The van der Waals surface area contributed by atoms with Crippen molar-refractivity contribution in [2.75, 3.05) is 7.11 Å². The fourth-order valence-electron chi connectivity index (χ4n) is 1.37. The topological polar surface area (TPSA) is 64.3 Å². The Morgan fingerprint density at radius 3 is 2.53 bits per heavy atom. The van der Waals surface area contributed by atoms with E-state index < -0.39 is 6.04 Å². The Hall–Kier alpha value is -1.10. The number of benzene rings is 1. The van der Waals surface area contributed by atoms with Crippen molar-refractivity contribution in [3.8, 4) is 0 Å². The van der Waals surface area contributed by atoms with Crippen LogP contribution in [-0.2, 0) is 22.7 Å². The van der Waals surface area contributed by atoms with Crippen LogP contribution in [0.1, 0.15) is 18.1 Å². The summed E-state index contributed by atoms with van der Waals surface area (Å²) in [5, 5.41) is 2.78. The van der Waals surface area contributed by atoms with Gasteiger partial charge in [0.1, 0.15) is 0 Å². The van der Waals surface area contributed by atoms with Crippen molar-refractivity contribution in [2.24, 2.45) is 5.73 Å². The number of nitrogens with two attached hydrogens (primary N) is 1. The van der Waals surface area contributed by atoms with Gasteiger partial charge in [-0.25, -0.2) is 0 Å². The number of carbonyl (C=O) groups is 1. The molecule has 0 radical (unpaired) electrons. The highest BCUT2D eigenvalue weighted by atomic mass is 35.5. The van der Waals surface area contributed by atoms with Gasteiger partial charge >= 0.3 is 0 Å². The molecule has 4 nitrogen and oxygen atoms in total. The number of halogens is 1. The molecule has 0 aliphatic heterocycles. The second-order valence-corrected chi connectivity index (χ2v) is 3.71. The normalized spacial score (nSPS) is 11.5. The molecule has 0 aliphatic carbocycles. The van der Waals surface area contributed by atoms with Crippen LogP contribution in [0, 0.1) is 0 Å². The summed E-state index contributed by atoms with van der Waals surface area (Å²) >= 11 is 0. The molecular weight excluding hydrogens is 240 g/mol. The predicted octanol–water partition coefficient (Wildman–Crippen LogP) is 1.22. The summed E-state index contributed by atoms with van der Waals surface area (Å²) in [6.45, 7) is 2.69. The zero-order valence-corrected chi connectivity index (χ0v) is 10.9. The molecule has 0 aromatic heterocycles. The molecule has 0 bridgehead atoms. The van der Waals surface area contributed by atoms with E-state index in [9.17, 15) is 4.79 Å². The predicted molar refractivity (Wildman–Crippen MR) is 69.9 cm³/mol. The second kappa shape index (κ2) is 8.06. The van der Waals surface area contributed by atoms with Crippen molar-refractivity contribution in [3.63, 3.8) is 0 Å². The first-order chi connectivity index (χ1) is 7.65. The maximum absolute atomic E-state index is 11.3. The molecule has 1 unspecified atom stereocenters. The first-order valence-corrected chi connectivity index (χ1v) is 5.24. The summed E-state index contributed by atoms with van der Waals surface area (Å²) in [6.07, 6.45) is 0. The van der Waals surface area contributed by atoms with E-state index in [1.54, 1.807) is 14.0 Å². The van der Waals surface area contributed by atoms with E-state index in [1.807, 2.05) is 24.3 Å². The van der Waals surface area contributed by atoms with Gasteiger partial charge in [0.25, 0.3) is 0 Å². The van der Waals surface area contributed by atoms with Crippen LogP contribution in [0.5, 0.6) is 0 Å². The Morgan fingerprint density at radius 1 is 1.41 bits per heavy atom. The molecule has 1 aromatic rings. The van der Waals surface area contributed by atoms with E-state index in [0.717, 1.165) is 11.1 Å². The van der Waals surface area contributed by atoms with Gasteiger partial charge < -0.3 is 15.8 Å². The molecule has 0 aliphatic rings. The van der Waals surface area contributed by atoms with Gasteiger partial charge in [-0.3, -0.25) is 4.79 Å². The van der Waals surface area contributed by atoms with Gasteiger partial charge in [0.2, 0.25) is 5.91 Å². The molecule has 5 heteroatoms. The summed E-state index contributed by atoms with van der Waals surface area (Å²) in [5.74, 6) is -0.146. The summed E-state index contributed by atoms with van der Waals surface area (Å²) in [6, 6.07) is 7.36. The summed E-state index contributed by atoms with van der Waals surface area (Å²) < 4.78 is 5.09. The highest BCUT2D eigenvalue weighted by Gasteiger charge is 2.07. The van der Waals surface area contributed by atoms with Crippen LogP contribution in [-0.4, -0.2) is 19.1 Å². The smallest absolute Gasteiger partial charge is 0.236 e. The molecule has 1 amide bonds. The lowest BCUT2D eigenvalue weighted by Gasteiger charge is -2.11. The van der Waals surface area contributed by atoms with Gasteiger partial charge in [0.15, 0.2) is 0 Å². The number of carbonyl (C=O) groups excluding carboxylic acids is 1. The van der Waals surface area contributed by atoms with Crippen molar-refractivity contribution in [2.45, 2.75) is 26.1 Å². The standard InChI is InChI=1S/C12H18N2O2.ClH/c1-9(13)12(15)14-7-10-5-3-4-6-11(10)8-16-2;/h3-6,9H,7-8,13H2,1-2H3,(H,14,15);1H. The highest BCUT2D eigenvalue weighted by molar-refractivity contribution is 5.85. The van der Waals surface area contributed by atoms with Crippen LogP contribution in [0.2, 0.25) is 0 Å². The fraction of sp³-hybridized carbons (Fsp3) is 0.417. The lowest BCUT2D eigenvalue weighted by Crippen LogP contribution is -2.37. The van der Waals surface area contributed by atoms with Crippen molar-refractivity contribution < 1.29 is 9.53 Å². The largest absolute Gasteiger partial charge is 0.380 e. The number of methoxy groups -OCH3 is 1. The number of rotatable bonds is 5. The molecule has 1 aromatic carbocycles. The Labute approximate surface area is 108 Å². The zero-order valence-electron chi connectivity index (χ0n) is 10.1. The number of hydrogen-bond donors (Lipinski definition) is 2. The minimum Gasteiger partial charge on any atom is -0.380 e. The molecule has 0 spiro atoms. The monoisotopic (exact) mass is 258 g/mol. The van der Waals surface area contributed by atoms with Gasteiger partial charge in [-0.1, -0.05) is 24.3 Å². The van der Waals surface area contributed by atoms with E-state index in [0.29, 0.717) is 13.2 Å². The third-order valence-corrected chi connectivity index (χ3v) is 2.28. The fourth-order valence-corrected chi connectivity index (χ4v) is 1.37. The number of nitrogens with one attached hydrogen (secondary N) is 1. The average Bonchev–Trinajstić information content (AvgIpc) is 2.27. The lowest BCUT2D eigenvalue weighted by atomic mass is 10.1. The molecule has 0 heterocycles. The minimum atomic E-state index is -0.477. The maximum atomic E-state index is 11.3. The Balaban J connectivity index is 0.00000256. The summed E-state index contributed by atoms with van der Waals surface area (Å²) in [4.78, 5) is 11.3. The van der Waals surface area contributed by atoms with Gasteiger partial charge in [-0.15, -0.1) is 12.4 Å². The molecule has 1 atom stereocenters. The highest BCUT2D eigenvalue weighted by Crippen LogP contribution is 2.09. The van der Waals surface area contributed by atoms with Crippen molar-refractivity contribution in [1.82, 2.24) is 5.32 Å². The van der Waals surface area contributed by atoms with Gasteiger partial charge in [-0.2, -0.15) is 0 Å². The zero-order chi connectivity index (χ0) is 12.0. The van der Waals surface area contributed by atoms with E-state index in [2.05, 4.69) is 5.32 Å². The average molecular weight is 259 g/mol. The van der Waals surface area contributed by atoms with Crippen LogP contribution < -0.4 is 11.1 Å². The van der Waals surface area contributed by atoms with E-state index >= 15 is 0 Å². The van der Waals surface area contributed by atoms with Crippen LogP contribution in [0.25, 0.3) is 0 Å². The molecule has 1 rings (SSSR count). The summed E-state index contributed by atoms with van der Waals surface area (Å²) in [7, 11) is 1.65. The molecule has 0 saturated carbocycles.